The Hall–Kier alpha value is -6.24. The number of benzene rings is 4. The molecule has 0 spiro atoms. The first-order valence-corrected chi connectivity index (χ1v) is 21.4. The van der Waals surface area contributed by atoms with Gasteiger partial charge in [-0.3, -0.25) is 9.36 Å². The van der Waals surface area contributed by atoms with Gasteiger partial charge in [0.1, 0.15) is 41.2 Å². The third-order valence-corrected chi connectivity index (χ3v) is 12.0. The summed E-state index contributed by atoms with van der Waals surface area (Å²) in [6, 6.07) is 33.7. The van der Waals surface area contributed by atoms with Crippen molar-refractivity contribution in [2.75, 3.05) is 12.8 Å². The van der Waals surface area contributed by atoms with Gasteiger partial charge < -0.3 is 39.0 Å². The molecule has 4 atom stereocenters. The van der Waals surface area contributed by atoms with Crippen molar-refractivity contribution in [1.29, 1.82) is 0 Å². The number of carboxylic acids is 1. The van der Waals surface area contributed by atoms with Gasteiger partial charge in [0.15, 0.2) is 0 Å². The number of hydrogen-bond acceptors (Lipinski definition) is 11. The van der Waals surface area contributed by atoms with Crippen molar-refractivity contribution >= 4 is 31.5 Å². The fraction of sp³-hybridized carbons (Fsp3) is 0.311. The molecule has 15 heteroatoms. The van der Waals surface area contributed by atoms with Crippen molar-refractivity contribution in [3.63, 3.8) is 0 Å². The van der Waals surface area contributed by atoms with Gasteiger partial charge in [0.25, 0.3) is 0 Å². The second-order valence-electron chi connectivity index (χ2n) is 15.0. The Bertz CT molecular complexity index is 2210. The standard InChI is InChI=1S/C45H50N3O11P/c1-5-56-60(54,40(26-31-15-9-6-10-16-31)47-43(52)55-29-33-17-11-7-12-18-33)30-35(27-37-28-38(48-59-37)34-19-13-8-14-20-34)41(49)46-39(42(50)51)25-32-21-23-36(24-22-32)57-44(53)58-45(2,3)4/h6-24,28,35,39-40H,5,25-27,29-30H2,1-4H3,(H,46,49)(H,47,52)(H,50,51)/t35?,39?,40-,60?/m1/s1. The summed E-state index contributed by atoms with van der Waals surface area (Å²) >= 11 is 0. The minimum absolute atomic E-state index is 0.0243. The zero-order chi connectivity index (χ0) is 43.1. The number of rotatable bonds is 19. The predicted molar refractivity (Wildman–Crippen MR) is 224 cm³/mol. The van der Waals surface area contributed by atoms with Crippen LogP contribution in [0, 0.1) is 5.92 Å². The summed E-state index contributed by atoms with van der Waals surface area (Å²) in [5.74, 6) is -3.94. The van der Waals surface area contributed by atoms with Crippen LogP contribution in [0.2, 0.25) is 0 Å². The molecule has 5 aromatic rings. The maximum Gasteiger partial charge on any atom is 0.514 e. The Kier molecular flexibility index (Phi) is 15.8. The van der Waals surface area contributed by atoms with Crippen molar-refractivity contribution in [3.8, 4) is 17.0 Å². The number of aromatic nitrogens is 1. The van der Waals surface area contributed by atoms with E-state index < -0.39 is 61.0 Å². The summed E-state index contributed by atoms with van der Waals surface area (Å²) in [5, 5.41) is 19.9. The van der Waals surface area contributed by atoms with E-state index in [-0.39, 0.29) is 44.0 Å². The number of carbonyl (C=O) groups is 4. The normalized spacial score (nSPS) is 13.8. The van der Waals surface area contributed by atoms with Crippen LogP contribution in [0.1, 0.15) is 50.1 Å². The summed E-state index contributed by atoms with van der Waals surface area (Å²) < 4.78 is 42.9. The van der Waals surface area contributed by atoms with E-state index in [4.69, 9.17) is 23.3 Å². The van der Waals surface area contributed by atoms with E-state index in [0.717, 1.165) is 16.7 Å². The van der Waals surface area contributed by atoms with Gasteiger partial charge in [0.2, 0.25) is 13.3 Å². The maximum atomic E-state index is 15.3. The fourth-order valence-electron chi connectivity index (χ4n) is 6.25. The molecule has 0 aliphatic heterocycles. The minimum atomic E-state index is -4.04. The van der Waals surface area contributed by atoms with E-state index in [9.17, 15) is 24.3 Å². The maximum absolute atomic E-state index is 15.3. The first-order chi connectivity index (χ1) is 28.7. The third kappa shape index (κ3) is 14.0. The van der Waals surface area contributed by atoms with E-state index in [1.54, 1.807) is 58.0 Å². The van der Waals surface area contributed by atoms with E-state index >= 15 is 4.57 Å². The molecular formula is C45H50N3O11P. The van der Waals surface area contributed by atoms with Gasteiger partial charge in [-0.25, -0.2) is 14.4 Å². The molecular weight excluding hydrogens is 789 g/mol. The van der Waals surface area contributed by atoms with Crippen molar-refractivity contribution in [2.45, 2.75) is 71.0 Å². The van der Waals surface area contributed by atoms with Gasteiger partial charge >= 0.3 is 18.2 Å². The highest BCUT2D eigenvalue weighted by atomic mass is 31.2. The highest BCUT2D eigenvalue weighted by Gasteiger charge is 2.41. The molecule has 0 aliphatic carbocycles. The molecule has 0 saturated carbocycles. The van der Waals surface area contributed by atoms with Crippen molar-refractivity contribution in [1.82, 2.24) is 15.8 Å². The Balaban J connectivity index is 1.41. The molecule has 0 bridgehead atoms. The number of carboxylic acid groups (broad SMARTS) is 1. The molecule has 316 valence electrons. The molecule has 2 amide bonds. The monoisotopic (exact) mass is 839 g/mol. The quantitative estimate of drug-likeness (QED) is 0.0409. The van der Waals surface area contributed by atoms with E-state index in [0.29, 0.717) is 11.3 Å². The molecule has 3 unspecified atom stereocenters. The van der Waals surface area contributed by atoms with Crippen LogP contribution in [-0.4, -0.2) is 64.6 Å². The highest BCUT2D eigenvalue weighted by molar-refractivity contribution is 7.59. The van der Waals surface area contributed by atoms with Crippen LogP contribution >= 0.6 is 7.37 Å². The smallest absolute Gasteiger partial charge is 0.480 e. The van der Waals surface area contributed by atoms with Crippen LogP contribution in [0.15, 0.2) is 126 Å². The third-order valence-electron chi connectivity index (χ3n) is 9.08. The zero-order valence-electron chi connectivity index (χ0n) is 33.9. The molecule has 0 aliphatic rings. The van der Waals surface area contributed by atoms with Crippen LogP contribution in [-0.2, 0) is 54.0 Å². The number of nitrogens with zero attached hydrogens (tertiary/aromatic N) is 1. The largest absolute Gasteiger partial charge is 0.514 e. The molecule has 60 heavy (non-hydrogen) atoms. The van der Waals surface area contributed by atoms with Gasteiger partial charge in [-0.1, -0.05) is 108 Å². The lowest BCUT2D eigenvalue weighted by Gasteiger charge is -2.31. The number of hydrogen-bond donors (Lipinski definition) is 3. The zero-order valence-corrected chi connectivity index (χ0v) is 34.8. The van der Waals surface area contributed by atoms with E-state index in [1.165, 1.54) is 12.1 Å². The number of ether oxygens (including phenoxy) is 3. The molecule has 5 rings (SSSR count). The summed E-state index contributed by atoms with van der Waals surface area (Å²) in [6.07, 6.45) is -2.35. The molecule has 3 N–H and O–H groups in total. The average molecular weight is 840 g/mol. The second-order valence-corrected chi connectivity index (χ2v) is 17.7. The van der Waals surface area contributed by atoms with Crippen LogP contribution < -0.4 is 15.4 Å². The Morgan fingerprint density at radius 2 is 1.38 bits per heavy atom. The Labute approximate surface area is 349 Å². The number of nitrogens with one attached hydrogen (secondary N) is 2. The summed E-state index contributed by atoms with van der Waals surface area (Å²) in [6.45, 7) is 6.70. The van der Waals surface area contributed by atoms with Crippen LogP contribution in [0.4, 0.5) is 9.59 Å². The van der Waals surface area contributed by atoms with Crippen LogP contribution in [0.3, 0.4) is 0 Å². The summed E-state index contributed by atoms with van der Waals surface area (Å²) in [7, 11) is -4.04. The Morgan fingerprint density at radius 3 is 1.98 bits per heavy atom. The van der Waals surface area contributed by atoms with Crippen LogP contribution in [0.5, 0.6) is 5.75 Å². The first kappa shape index (κ1) is 44.9. The van der Waals surface area contributed by atoms with Gasteiger partial charge in [-0.15, -0.1) is 0 Å². The molecule has 0 radical (unpaired) electrons. The van der Waals surface area contributed by atoms with Crippen molar-refractivity contribution < 1.29 is 52.1 Å². The number of carbonyl (C=O) groups excluding carboxylic acids is 3. The molecule has 4 aromatic carbocycles. The summed E-state index contributed by atoms with van der Waals surface area (Å²) in [5.41, 5.74) is 2.51. The highest BCUT2D eigenvalue weighted by Crippen LogP contribution is 2.54. The molecule has 1 heterocycles. The average Bonchev–Trinajstić information content (AvgIpc) is 3.69. The van der Waals surface area contributed by atoms with E-state index in [2.05, 4.69) is 15.8 Å². The molecule has 1 aromatic heterocycles. The Morgan fingerprint density at radius 1 is 0.783 bits per heavy atom. The topological polar surface area (TPSA) is 193 Å². The van der Waals surface area contributed by atoms with Gasteiger partial charge in [0, 0.05) is 37.1 Å². The van der Waals surface area contributed by atoms with Gasteiger partial charge in [0.05, 0.1) is 12.5 Å². The predicted octanol–water partition coefficient (Wildman–Crippen LogP) is 8.44. The van der Waals surface area contributed by atoms with Crippen molar-refractivity contribution in [2.24, 2.45) is 5.92 Å². The molecule has 0 fully saturated rings. The summed E-state index contributed by atoms with van der Waals surface area (Å²) in [4.78, 5) is 52.5. The van der Waals surface area contributed by atoms with E-state index in [1.807, 2.05) is 78.9 Å². The molecule has 14 nitrogen and oxygen atoms in total. The number of amides is 2. The lowest BCUT2D eigenvalue weighted by Crippen LogP contribution is -2.47. The first-order valence-electron chi connectivity index (χ1n) is 19.5. The molecule has 0 saturated heterocycles. The van der Waals surface area contributed by atoms with Gasteiger partial charge in [-0.05, 0) is 56.5 Å². The minimum Gasteiger partial charge on any atom is -0.480 e. The number of aliphatic carboxylic acids is 1. The number of alkyl carbamates (subject to hydrolysis) is 1. The SMILES string of the molecule is CCOP(=O)(CC(Cc1cc(-c2ccccc2)no1)C(=O)NC(Cc1ccc(OC(=O)OC(C)(C)C)cc1)C(=O)O)[C@H](Cc1ccccc1)NC(=O)OCc1ccccc1. The van der Waals surface area contributed by atoms with Gasteiger partial charge in [-0.2, -0.15) is 0 Å². The lowest BCUT2D eigenvalue weighted by atomic mass is 10.0. The lowest BCUT2D eigenvalue weighted by molar-refractivity contribution is -0.142. The van der Waals surface area contributed by atoms with Crippen LogP contribution in [0.25, 0.3) is 11.3 Å². The second kappa shape index (κ2) is 21.1. The van der Waals surface area contributed by atoms with Crippen molar-refractivity contribution in [3.05, 3.63) is 144 Å². The fourth-order valence-corrected chi connectivity index (χ4v) is 8.92.